The van der Waals surface area contributed by atoms with E-state index in [0.717, 1.165) is 56.6 Å². The molecule has 170 valence electrons. The summed E-state index contributed by atoms with van der Waals surface area (Å²) in [5, 5.41) is 2.88. The van der Waals surface area contributed by atoms with Crippen molar-refractivity contribution >= 4 is 6.09 Å². The predicted octanol–water partition coefficient (Wildman–Crippen LogP) is 6.12. The topological polar surface area (TPSA) is 50.8 Å². The third-order valence-corrected chi connectivity index (χ3v) is 5.68. The molecule has 0 fully saturated rings. The lowest BCUT2D eigenvalue weighted by molar-refractivity contribution is 0.200. The molecule has 1 aromatic rings. The van der Waals surface area contributed by atoms with E-state index in [0.29, 0.717) is 24.8 Å². The van der Waals surface area contributed by atoms with Crippen molar-refractivity contribution in [1.29, 1.82) is 0 Å². The van der Waals surface area contributed by atoms with Gasteiger partial charge in [-0.1, -0.05) is 59.3 Å². The van der Waals surface area contributed by atoms with Crippen molar-refractivity contribution in [3.8, 4) is 11.5 Å². The van der Waals surface area contributed by atoms with Gasteiger partial charge in [-0.3, -0.25) is 0 Å². The van der Waals surface area contributed by atoms with Gasteiger partial charge in [0.2, 0.25) is 0 Å². The van der Waals surface area contributed by atoms with Crippen LogP contribution in [-0.4, -0.2) is 43.8 Å². The Labute approximate surface area is 183 Å². The van der Waals surface area contributed by atoms with E-state index in [2.05, 4.69) is 31.0 Å². The molecule has 1 atom stereocenters. The Morgan fingerprint density at radius 3 is 2.43 bits per heavy atom. The van der Waals surface area contributed by atoms with Gasteiger partial charge in [0.15, 0.2) is 0 Å². The van der Waals surface area contributed by atoms with Gasteiger partial charge >= 0.3 is 6.09 Å². The van der Waals surface area contributed by atoms with Crippen LogP contribution in [0.2, 0.25) is 0 Å². The first-order valence-corrected chi connectivity index (χ1v) is 12.1. The third kappa shape index (κ3) is 8.55. The molecule has 30 heavy (non-hydrogen) atoms. The smallest absolute Gasteiger partial charge is 0.412 e. The van der Waals surface area contributed by atoms with Crippen LogP contribution >= 0.6 is 0 Å². The number of hydrogen-bond acceptors (Lipinski definition) is 4. The Morgan fingerprint density at radius 1 is 1.03 bits per heavy atom. The van der Waals surface area contributed by atoms with E-state index in [1.807, 2.05) is 18.2 Å². The zero-order chi connectivity index (χ0) is 21.6. The molecule has 1 heterocycles. The summed E-state index contributed by atoms with van der Waals surface area (Å²) < 4.78 is 11.4. The molecule has 0 saturated carbocycles. The number of carbonyl (C=O) groups is 1. The van der Waals surface area contributed by atoms with Gasteiger partial charge in [-0.25, -0.2) is 4.79 Å². The number of rotatable bonds is 15. The Hall–Kier alpha value is -1.75. The molecule has 1 N–H and O–H groups in total. The Balaban J connectivity index is 1.76. The molecule has 0 aromatic heterocycles. The van der Waals surface area contributed by atoms with Gasteiger partial charge in [-0.05, 0) is 50.6 Å². The molecule has 0 saturated heterocycles. The van der Waals surface area contributed by atoms with E-state index in [-0.39, 0.29) is 6.09 Å². The second-order valence-corrected chi connectivity index (χ2v) is 8.45. The first-order chi connectivity index (χ1) is 14.7. The molecule has 1 aliphatic rings. The largest absolute Gasteiger partial charge is 0.493 e. The minimum absolute atomic E-state index is 0.331. The van der Waals surface area contributed by atoms with Crippen molar-refractivity contribution < 1.29 is 14.3 Å². The van der Waals surface area contributed by atoms with Crippen LogP contribution in [0.15, 0.2) is 18.2 Å². The maximum absolute atomic E-state index is 12.1. The number of nitrogens with one attached hydrogen (secondary N) is 1. The highest BCUT2D eigenvalue weighted by molar-refractivity contribution is 5.70. The molecule has 1 aliphatic heterocycles. The van der Waals surface area contributed by atoms with Crippen molar-refractivity contribution in [1.82, 2.24) is 10.2 Å². The van der Waals surface area contributed by atoms with Crippen LogP contribution in [0.4, 0.5) is 4.79 Å². The second kappa shape index (κ2) is 14.3. The van der Waals surface area contributed by atoms with Crippen molar-refractivity contribution in [2.75, 3.05) is 32.8 Å². The van der Waals surface area contributed by atoms with Crippen molar-refractivity contribution in [2.24, 2.45) is 0 Å². The number of ether oxygens (including phenoxy) is 2. The van der Waals surface area contributed by atoms with Gasteiger partial charge in [0.05, 0.1) is 6.61 Å². The highest BCUT2D eigenvalue weighted by Crippen LogP contribution is 2.37. The number of fused-ring (bicyclic) bond motifs is 1. The molecule has 1 unspecified atom stereocenters. The van der Waals surface area contributed by atoms with E-state index in [1.165, 1.54) is 32.1 Å². The fraction of sp³-hybridized carbons (Fsp3) is 0.720. The quantitative estimate of drug-likeness (QED) is 0.348. The van der Waals surface area contributed by atoms with Gasteiger partial charge in [0.25, 0.3) is 0 Å². The van der Waals surface area contributed by atoms with Crippen LogP contribution in [-0.2, 0) is 0 Å². The summed E-state index contributed by atoms with van der Waals surface area (Å²) in [6.07, 6.45) is 10.6. The van der Waals surface area contributed by atoms with Gasteiger partial charge in [0.1, 0.15) is 11.5 Å². The molecular weight excluding hydrogens is 376 g/mol. The Morgan fingerprint density at radius 2 is 1.73 bits per heavy atom. The maximum atomic E-state index is 12.1. The molecule has 0 bridgehead atoms. The van der Waals surface area contributed by atoms with Crippen LogP contribution in [0.25, 0.3) is 0 Å². The van der Waals surface area contributed by atoms with E-state index < -0.39 is 0 Å². The molecule has 0 spiro atoms. The molecule has 0 aliphatic carbocycles. The normalized spacial score (nSPS) is 15.1. The molecule has 1 amide bonds. The van der Waals surface area contributed by atoms with E-state index >= 15 is 0 Å². The number of unbranched alkanes of at least 4 members (excludes halogenated alkanes) is 6. The zero-order valence-corrected chi connectivity index (χ0v) is 19.4. The third-order valence-electron chi connectivity index (χ3n) is 5.68. The molecule has 2 rings (SSSR count). The minimum atomic E-state index is -0.366. The maximum Gasteiger partial charge on any atom is 0.412 e. The first-order valence-electron chi connectivity index (χ1n) is 12.1. The lowest BCUT2D eigenvalue weighted by atomic mass is 10.00. The summed E-state index contributed by atoms with van der Waals surface area (Å²) in [5.41, 5.74) is 1.16. The lowest BCUT2D eigenvalue weighted by Gasteiger charge is -2.24. The van der Waals surface area contributed by atoms with Crippen molar-refractivity contribution in [3.63, 3.8) is 0 Å². The van der Waals surface area contributed by atoms with Crippen LogP contribution in [0.3, 0.4) is 0 Å². The van der Waals surface area contributed by atoms with E-state index in [1.54, 1.807) is 0 Å². The standard InChI is InChI=1S/C25H42N2O3/c1-4-7-8-9-10-11-12-15-26-25(28)30-22-13-14-24-23(18-22)21(20-29-24)19-27(16-5-2)17-6-3/h13-14,18,21H,4-12,15-17,19-20H2,1-3H3,(H,26,28). The van der Waals surface area contributed by atoms with E-state index in [9.17, 15) is 4.79 Å². The van der Waals surface area contributed by atoms with Crippen LogP contribution in [0, 0.1) is 0 Å². The first kappa shape index (κ1) is 24.5. The summed E-state index contributed by atoms with van der Waals surface area (Å²) in [4.78, 5) is 14.6. The van der Waals surface area contributed by atoms with Gasteiger partial charge in [0, 0.05) is 24.6 Å². The van der Waals surface area contributed by atoms with Crippen LogP contribution in [0.1, 0.15) is 90.0 Å². The molecule has 0 radical (unpaired) electrons. The average Bonchev–Trinajstić information content (AvgIpc) is 3.12. The van der Waals surface area contributed by atoms with Crippen LogP contribution in [0.5, 0.6) is 11.5 Å². The van der Waals surface area contributed by atoms with Crippen LogP contribution < -0.4 is 14.8 Å². The summed E-state index contributed by atoms with van der Waals surface area (Å²) in [6.45, 7) is 11.3. The lowest BCUT2D eigenvalue weighted by Crippen LogP contribution is -2.31. The fourth-order valence-electron chi connectivity index (χ4n) is 4.13. The van der Waals surface area contributed by atoms with Gasteiger partial charge in [-0.15, -0.1) is 0 Å². The van der Waals surface area contributed by atoms with E-state index in [4.69, 9.17) is 9.47 Å². The Kier molecular flexibility index (Phi) is 11.7. The summed E-state index contributed by atoms with van der Waals surface area (Å²) in [6, 6.07) is 5.74. The zero-order valence-electron chi connectivity index (χ0n) is 19.4. The minimum Gasteiger partial charge on any atom is -0.493 e. The number of benzene rings is 1. The van der Waals surface area contributed by atoms with Gasteiger partial charge < -0.3 is 19.7 Å². The van der Waals surface area contributed by atoms with Crippen molar-refractivity contribution in [3.05, 3.63) is 23.8 Å². The molecule has 5 nitrogen and oxygen atoms in total. The summed E-state index contributed by atoms with van der Waals surface area (Å²) in [5.74, 6) is 1.85. The fourth-order valence-corrected chi connectivity index (χ4v) is 4.13. The highest BCUT2D eigenvalue weighted by atomic mass is 16.6. The molecular formula is C25H42N2O3. The summed E-state index contributed by atoms with van der Waals surface area (Å²) in [7, 11) is 0. The highest BCUT2D eigenvalue weighted by Gasteiger charge is 2.26. The number of hydrogen-bond donors (Lipinski definition) is 1. The summed E-state index contributed by atoms with van der Waals surface area (Å²) >= 11 is 0. The molecule has 5 heteroatoms. The van der Waals surface area contributed by atoms with Gasteiger partial charge in [-0.2, -0.15) is 0 Å². The number of nitrogens with zero attached hydrogens (tertiary/aromatic N) is 1. The molecule has 1 aromatic carbocycles. The number of carbonyl (C=O) groups excluding carboxylic acids is 1. The van der Waals surface area contributed by atoms with Crippen molar-refractivity contribution in [2.45, 2.75) is 84.5 Å². The Bertz CT molecular complexity index is 614. The average molecular weight is 419 g/mol. The monoisotopic (exact) mass is 418 g/mol. The predicted molar refractivity (Wildman–Crippen MR) is 124 cm³/mol. The SMILES string of the molecule is CCCCCCCCCNC(=O)Oc1ccc2c(c1)C(CN(CCC)CCC)CO2. The number of amides is 1. The second-order valence-electron chi connectivity index (χ2n) is 8.45.